The van der Waals surface area contributed by atoms with Crippen LogP contribution in [0.15, 0.2) is 140 Å². The zero-order valence-electron chi connectivity index (χ0n) is 19.5. The topological polar surface area (TPSA) is 45.2 Å². The van der Waals surface area contributed by atoms with Crippen LogP contribution in [0.3, 0.4) is 0 Å². The number of anilines is 6. The van der Waals surface area contributed by atoms with Crippen LogP contribution in [0.5, 0.6) is 0 Å². The van der Waals surface area contributed by atoms with Crippen LogP contribution in [0.4, 0.5) is 34.5 Å². The molecule has 0 aliphatic carbocycles. The third-order valence-electron chi connectivity index (χ3n) is 5.99. The van der Waals surface area contributed by atoms with Crippen molar-refractivity contribution in [1.82, 2.24) is 15.0 Å². The van der Waals surface area contributed by atoms with Crippen molar-refractivity contribution in [1.29, 1.82) is 0 Å². The van der Waals surface area contributed by atoms with Gasteiger partial charge in [-0.05, 0) is 48.5 Å². The lowest BCUT2D eigenvalue weighted by Gasteiger charge is -2.28. The number of rotatable bonds is 6. The van der Waals surface area contributed by atoms with E-state index in [1.54, 1.807) is 6.20 Å². The van der Waals surface area contributed by atoms with E-state index in [1.165, 1.54) is 0 Å². The zero-order chi connectivity index (χ0) is 24.2. The fraction of sp³-hybridized carbons (Fsp3) is 0. The molecule has 0 bridgehead atoms. The first-order chi connectivity index (χ1) is 17.9. The lowest BCUT2D eigenvalue weighted by molar-refractivity contribution is 1.12. The molecule has 5 heteroatoms. The molecule has 36 heavy (non-hydrogen) atoms. The van der Waals surface area contributed by atoms with E-state index in [0.29, 0.717) is 0 Å². The van der Waals surface area contributed by atoms with E-state index in [2.05, 4.69) is 62.2 Å². The molecule has 6 aromatic rings. The summed E-state index contributed by atoms with van der Waals surface area (Å²) < 4.78 is 0. The van der Waals surface area contributed by atoms with E-state index in [4.69, 9.17) is 4.98 Å². The quantitative estimate of drug-likeness (QED) is 0.250. The highest BCUT2D eigenvalue weighted by Crippen LogP contribution is 2.42. The SMILES string of the molecule is c1ccc(N(c2ccccn2)c2cnc(N(c3ccccc3)c3ccccn3)c3ccccc23)cc1. The first-order valence-corrected chi connectivity index (χ1v) is 11.8. The highest BCUT2D eigenvalue weighted by atomic mass is 15.3. The Balaban J connectivity index is 1.60. The lowest BCUT2D eigenvalue weighted by atomic mass is 10.1. The maximum absolute atomic E-state index is 5.05. The van der Waals surface area contributed by atoms with Crippen molar-refractivity contribution < 1.29 is 0 Å². The van der Waals surface area contributed by atoms with E-state index >= 15 is 0 Å². The predicted molar refractivity (Wildman–Crippen MR) is 147 cm³/mol. The van der Waals surface area contributed by atoms with Crippen LogP contribution in [0.1, 0.15) is 0 Å². The van der Waals surface area contributed by atoms with Crippen molar-refractivity contribution in [3.05, 3.63) is 140 Å². The zero-order valence-corrected chi connectivity index (χ0v) is 19.5. The van der Waals surface area contributed by atoms with Gasteiger partial charge in [-0.25, -0.2) is 15.0 Å². The maximum atomic E-state index is 5.05. The summed E-state index contributed by atoms with van der Waals surface area (Å²) in [5.74, 6) is 2.44. The van der Waals surface area contributed by atoms with Crippen molar-refractivity contribution in [2.24, 2.45) is 0 Å². The molecular weight excluding hydrogens is 442 g/mol. The van der Waals surface area contributed by atoms with Gasteiger partial charge in [-0.3, -0.25) is 9.80 Å². The minimum atomic E-state index is 0.804. The third kappa shape index (κ3) is 4.03. The molecule has 0 atom stereocenters. The fourth-order valence-corrected chi connectivity index (χ4v) is 4.40. The standard InChI is InChI=1S/C31H23N5/c1-3-13-24(14-4-1)35(29-19-9-11-21-32-29)28-23-34-31(27-18-8-7-17-26(27)28)36(25-15-5-2-6-16-25)30-20-10-12-22-33-30/h1-23H. The Bertz CT molecular complexity index is 1370. The second kappa shape index (κ2) is 9.68. The molecule has 0 aliphatic rings. The molecule has 0 saturated heterocycles. The maximum Gasteiger partial charge on any atom is 0.146 e. The number of benzene rings is 3. The molecule has 3 heterocycles. The molecule has 0 radical (unpaired) electrons. The molecule has 0 fully saturated rings. The Hall–Kier alpha value is -5.03. The van der Waals surface area contributed by atoms with Gasteiger partial charge in [-0.15, -0.1) is 0 Å². The van der Waals surface area contributed by atoms with Crippen molar-refractivity contribution in [2.75, 3.05) is 9.80 Å². The van der Waals surface area contributed by atoms with Gasteiger partial charge in [-0.2, -0.15) is 0 Å². The predicted octanol–water partition coefficient (Wildman–Crippen LogP) is 7.96. The molecule has 6 rings (SSSR count). The number of hydrogen-bond acceptors (Lipinski definition) is 5. The molecule has 0 saturated carbocycles. The summed E-state index contributed by atoms with van der Waals surface area (Å²) in [4.78, 5) is 18.6. The number of hydrogen-bond donors (Lipinski definition) is 0. The Labute approximate surface area is 210 Å². The van der Waals surface area contributed by atoms with Crippen molar-refractivity contribution >= 4 is 45.3 Å². The number of para-hydroxylation sites is 2. The number of nitrogens with zero attached hydrogens (tertiary/aromatic N) is 5. The molecule has 0 amide bonds. The molecular formula is C31H23N5. The smallest absolute Gasteiger partial charge is 0.146 e. The summed E-state index contributed by atoms with van der Waals surface area (Å²) in [5.41, 5.74) is 2.96. The summed E-state index contributed by atoms with van der Waals surface area (Å²) >= 11 is 0. The summed E-state index contributed by atoms with van der Waals surface area (Å²) in [7, 11) is 0. The summed E-state index contributed by atoms with van der Waals surface area (Å²) in [5, 5.41) is 2.08. The summed E-state index contributed by atoms with van der Waals surface area (Å²) in [6.07, 6.45) is 5.55. The van der Waals surface area contributed by atoms with Crippen molar-refractivity contribution in [2.45, 2.75) is 0 Å². The van der Waals surface area contributed by atoms with Gasteiger partial charge < -0.3 is 0 Å². The van der Waals surface area contributed by atoms with Crippen molar-refractivity contribution in [3.8, 4) is 0 Å². The highest BCUT2D eigenvalue weighted by molar-refractivity contribution is 6.05. The Morgan fingerprint density at radius 2 is 0.917 bits per heavy atom. The number of aromatic nitrogens is 3. The molecule has 3 aromatic heterocycles. The molecule has 5 nitrogen and oxygen atoms in total. The van der Waals surface area contributed by atoms with Gasteiger partial charge in [0.15, 0.2) is 0 Å². The minimum absolute atomic E-state index is 0.804. The molecule has 0 N–H and O–H groups in total. The second-order valence-electron chi connectivity index (χ2n) is 8.23. The van der Waals surface area contributed by atoms with Gasteiger partial charge in [0.25, 0.3) is 0 Å². The fourth-order valence-electron chi connectivity index (χ4n) is 4.40. The number of fused-ring (bicyclic) bond motifs is 1. The largest absolute Gasteiger partial charge is 0.293 e. The monoisotopic (exact) mass is 465 g/mol. The molecule has 0 spiro atoms. The van der Waals surface area contributed by atoms with Gasteiger partial charge in [0, 0.05) is 34.5 Å². The summed E-state index contributed by atoms with van der Waals surface area (Å²) in [6, 6.07) is 40.7. The minimum Gasteiger partial charge on any atom is -0.293 e. The first kappa shape index (κ1) is 21.5. The van der Waals surface area contributed by atoms with E-state index < -0.39 is 0 Å². The van der Waals surface area contributed by atoms with E-state index in [1.807, 2.05) is 91.3 Å². The van der Waals surface area contributed by atoms with E-state index in [-0.39, 0.29) is 0 Å². The molecule has 0 aliphatic heterocycles. The molecule has 3 aromatic carbocycles. The first-order valence-electron chi connectivity index (χ1n) is 11.8. The van der Waals surface area contributed by atoms with Gasteiger partial charge >= 0.3 is 0 Å². The Morgan fingerprint density at radius 1 is 0.417 bits per heavy atom. The number of pyridine rings is 3. The van der Waals surface area contributed by atoms with Gasteiger partial charge in [-0.1, -0.05) is 72.8 Å². The lowest BCUT2D eigenvalue weighted by Crippen LogP contribution is -2.16. The average Bonchev–Trinajstić information content (AvgIpc) is 2.97. The van der Waals surface area contributed by atoms with Crippen LogP contribution in [-0.4, -0.2) is 15.0 Å². The highest BCUT2D eigenvalue weighted by Gasteiger charge is 2.22. The van der Waals surface area contributed by atoms with Gasteiger partial charge in [0.2, 0.25) is 0 Å². The average molecular weight is 466 g/mol. The van der Waals surface area contributed by atoms with E-state index in [9.17, 15) is 0 Å². The van der Waals surface area contributed by atoms with Crippen LogP contribution in [0, 0.1) is 0 Å². The summed E-state index contributed by atoms with van der Waals surface area (Å²) in [6.45, 7) is 0. The molecule has 172 valence electrons. The third-order valence-corrected chi connectivity index (χ3v) is 5.99. The van der Waals surface area contributed by atoms with Gasteiger partial charge in [0.1, 0.15) is 17.5 Å². The normalized spacial score (nSPS) is 10.8. The van der Waals surface area contributed by atoms with Gasteiger partial charge in [0.05, 0.1) is 11.9 Å². The van der Waals surface area contributed by atoms with Crippen LogP contribution < -0.4 is 9.80 Å². The molecule has 0 unspecified atom stereocenters. The van der Waals surface area contributed by atoms with Crippen LogP contribution in [0.25, 0.3) is 10.8 Å². The van der Waals surface area contributed by atoms with Crippen LogP contribution >= 0.6 is 0 Å². The van der Waals surface area contributed by atoms with Crippen LogP contribution in [0.2, 0.25) is 0 Å². The van der Waals surface area contributed by atoms with Crippen LogP contribution in [-0.2, 0) is 0 Å². The Kier molecular flexibility index (Phi) is 5.78. The second-order valence-corrected chi connectivity index (χ2v) is 8.23. The van der Waals surface area contributed by atoms with E-state index in [0.717, 1.165) is 45.3 Å². The van der Waals surface area contributed by atoms with Crippen molar-refractivity contribution in [3.63, 3.8) is 0 Å². The Morgan fingerprint density at radius 3 is 1.50 bits per heavy atom.